The van der Waals surface area contributed by atoms with E-state index in [2.05, 4.69) is 22.3 Å². The molecule has 1 aliphatic rings. The van der Waals surface area contributed by atoms with Gasteiger partial charge in [0.2, 0.25) is 5.76 Å². The van der Waals surface area contributed by atoms with Crippen molar-refractivity contribution < 1.29 is 24.0 Å². The maximum absolute atomic E-state index is 12.5. The van der Waals surface area contributed by atoms with Gasteiger partial charge >= 0.3 is 12.1 Å². The second-order valence-electron chi connectivity index (χ2n) is 8.29. The number of hydrogen-bond donors (Lipinski definition) is 2. The predicted molar refractivity (Wildman–Crippen MR) is 135 cm³/mol. The third kappa shape index (κ3) is 4.52. The third-order valence-corrected chi connectivity index (χ3v) is 8.60. The van der Waals surface area contributed by atoms with Crippen LogP contribution in [0.3, 0.4) is 0 Å². The Labute approximate surface area is 213 Å². The van der Waals surface area contributed by atoms with Crippen LogP contribution >= 0.6 is 34.3 Å². The second-order valence-corrected chi connectivity index (χ2v) is 10.8. The minimum Gasteiger partial charge on any atom is -0.481 e. The second kappa shape index (κ2) is 9.04. The molecule has 178 valence electrons. The molecule has 35 heavy (non-hydrogen) atoms. The molecule has 4 aromatic rings. The van der Waals surface area contributed by atoms with Crippen molar-refractivity contribution in [3.63, 3.8) is 0 Å². The van der Waals surface area contributed by atoms with Crippen LogP contribution in [0.15, 0.2) is 40.9 Å². The Morgan fingerprint density at radius 2 is 1.97 bits per heavy atom. The molecule has 5 rings (SSSR count). The number of fused-ring (bicyclic) bond motifs is 1. The van der Waals surface area contributed by atoms with E-state index in [0.29, 0.717) is 12.8 Å². The van der Waals surface area contributed by atoms with Crippen molar-refractivity contribution in [2.24, 2.45) is 0 Å². The van der Waals surface area contributed by atoms with Crippen LogP contribution in [0, 0.1) is 18.8 Å². The Kier molecular flexibility index (Phi) is 6.05. The number of benzene rings is 1. The summed E-state index contributed by atoms with van der Waals surface area (Å²) in [6.07, 6.45) is 0.184. The molecule has 1 unspecified atom stereocenters. The van der Waals surface area contributed by atoms with E-state index in [1.807, 2.05) is 43.3 Å². The van der Waals surface area contributed by atoms with Crippen LogP contribution in [-0.4, -0.2) is 22.3 Å². The molecule has 1 atom stereocenters. The third-order valence-electron chi connectivity index (χ3n) is 5.93. The highest BCUT2D eigenvalue weighted by Crippen LogP contribution is 2.52. The summed E-state index contributed by atoms with van der Waals surface area (Å²) in [6, 6.07) is 11.5. The highest BCUT2D eigenvalue weighted by molar-refractivity contribution is 7.28. The highest BCUT2D eigenvalue weighted by Gasteiger charge is 2.53. The van der Waals surface area contributed by atoms with Gasteiger partial charge in [-0.05, 0) is 61.8 Å². The number of halogens is 1. The summed E-state index contributed by atoms with van der Waals surface area (Å²) in [5, 5.41) is 15.8. The number of hydrogen-bond acceptors (Lipinski definition) is 7. The van der Waals surface area contributed by atoms with Gasteiger partial charge in [0.15, 0.2) is 5.15 Å². The molecule has 2 N–H and O–H groups in total. The lowest BCUT2D eigenvalue weighted by atomic mass is 10.1. The number of ether oxygens (including phenoxy) is 1. The predicted octanol–water partition coefficient (Wildman–Crippen LogP) is 6.74. The summed E-state index contributed by atoms with van der Waals surface area (Å²) in [6.45, 7) is 3.73. The number of rotatable bonds is 5. The summed E-state index contributed by atoms with van der Waals surface area (Å²) >= 11 is 9.05. The molecule has 0 bridgehead atoms. The maximum Gasteiger partial charge on any atom is 0.412 e. The number of aromatic nitrogens is 1. The van der Waals surface area contributed by atoms with Crippen LogP contribution in [0.25, 0.3) is 9.40 Å². The van der Waals surface area contributed by atoms with E-state index in [1.165, 1.54) is 22.7 Å². The number of carboxylic acids is 1. The van der Waals surface area contributed by atoms with Crippen LogP contribution in [-0.2, 0) is 14.9 Å². The molecule has 10 heteroatoms. The molecule has 1 aliphatic carbocycles. The van der Waals surface area contributed by atoms with Gasteiger partial charge < -0.3 is 14.4 Å². The molecule has 1 aromatic carbocycles. The SMILES string of the molecule is Cc1ccccc1C(C)OC(=O)Nc1c(Cl)noc1C#Cc1cc2sc(C3(C(=O)O)CC3)cc2s1. The summed E-state index contributed by atoms with van der Waals surface area (Å²) in [7, 11) is 0. The number of nitrogens with one attached hydrogen (secondary N) is 1. The quantitative estimate of drug-likeness (QED) is 0.279. The fraction of sp³-hybridized carbons (Fsp3) is 0.240. The Hall–Kier alpha value is -3.32. The van der Waals surface area contributed by atoms with E-state index in [1.54, 1.807) is 6.92 Å². The largest absolute Gasteiger partial charge is 0.481 e. The summed E-state index contributed by atoms with van der Waals surface area (Å²) < 4.78 is 12.7. The zero-order valence-corrected chi connectivity index (χ0v) is 21.1. The Balaban J connectivity index is 1.30. The number of aliphatic carboxylic acids is 1. The summed E-state index contributed by atoms with van der Waals surface area (Å²) in [4.78, 5) is 25.7. The first kappa shape index (κ1) is 23.4. The van der Waals surface area contributed by atoms with Gasteiger partial charge in [-0.1, -0.05) is 41.0 Å². The average molecular weight is 527 g/mol. The molecule has 0 saturated heterocycles. The van der Waals surface area contributed by atoms with Gasteiger partial charge in [0, 0.05) is 14.3 Å². The number of nitrogens with zero attached hydrogens (tertiary/aromatic N) is 1. The van der Waals surface area contributed by atoms with E-state index >= 15 is 0 Å². The van der Waals surface area contributed by atoms with Crippen molar-refractivity contribution in [3.8, 4) is 11.8 Å². The minimum absolute atomic E-state index is 0.0324. The van der Waals surface area contributed by atoms with Gasteiger partial charge in [0.05, 0.1) is 4.88 Å². The minimum atomic E-state index is -0.763. The zero-order chi connectivity index (χ0) is 24.7. The van der Waals surface area contributed by atoms with Crippen molar-refractivity contribution in [1.29, 1.82) is 0 Å². The molecule has 3 heterocycles. The summed E-state index contributed by atoms with van der Waals surface area (Å²) in [5.41, 5.74) is 1.34. The first-order valence-corrected chi connectivity index (χ1v) is 12.8. The number of carbonyl (C=O) groups excluding carboxylic acids is 1. The van der Waals surface area contributed by atoms with Crippen LogP contribution in [0.1, 0.15) is 52.5 Å². The number of carbonyl (C=O) groups is 2. The number of thiophene rings is 2. The van der Waals surface area contributed by atoms with Gasteiger partial charge in [-0.3, -0.25) is 10.1 Å². The maximum atomic E-state index is 12.5. The van der Waals surface area contributed by atoms with Gasteiger partial charge in [-0.2, -0.15) is 0 Å². The van der Waals surface area contributed by atoms with Crippen molar-refractivity contribution in [2.75, 3.05) is 5.32 Å². The van der Waals surface area contributed by atoms with E-state index in [0.717, 1.165) is 30.3 Å². The number of amides is 1. The fourth-order valence-corrected chi connectivity index (χ4v) is 6.46. The Bertz CT molecular complexity index is 1490. The van der Waals surface area contributed by atoms with Crippen LogP contribution in [0.5, 0.6) is 0 Å². The molecule has 1 saturated carbocycles. The molecular formula is C25H19ClN2O5S2. The normalized spacial score (nSPS) is 14.7. The molecule has 7 nitrogen and oxygen atoms in total. The van der Waals surface area contributed by atoms with E-state index in [-0.39, 0.29) is 16.6 Å². The van der Waals surface area contributed by atoms with Crippen LogP contribution in [0.2, 0.25) is 5.15 Å². The van der Waals surface area contributed by atoms with E-state index in [4.69, 9.17) is 20.9 Å². The fourth-order valence-electron chi connectivity index (χ4n) is 3.81. The molecular weight excluding hydrogens is 508 g/mol. The topological polar surface area (TPSA) is 102 Å². The molecule has 3 aromatic heterocycles. The van der Waals surface area contributed by atoms with Gasteiger partial charge in [-0.25, -0.2) is 4.79 Å². The monoisotopic (exact) mass is 526 g/mol. The van der Waals surface area contributed by atoms with Crippen molar-refractivity contribution >= 4 is 61.4 Å². The average Bonchev–Trinajstić information content (AvgIpc) is 3.25. The van der Waals surface area contributed by atoms with Crippen LogP contribution < -0.4 is 5.32 Å². The lowest BCUT2D eigenvalue weighted by Gasteiger charge is -2.15. The smallest absolute Gasteiger partial charge is 0.412 e. The molecule has 1 fully saturated rings. The van der Waals surface area contributed by atoms with Crippen LogP contribution in [0.4, 0.5) is 10.5 Å². The Morgan fingerprint density at radius 1 is 1.23 bits per heavy atom. The van der Waals surface area contributed by atoms with E-state index in [9.17, 15) is 14.7 Å². The van der Waals surface area contributed by atoms with Crippen molar-refractivity contribution in [3.05, 3.63) is 68.2 Å². The van der Waals surface area contributed by atoms with Gasteiger partial charge in [0.25, 0.3) is 0 Å². The van der Waals surface area contributed by atoms with Crippen molar-refractivity contribution in [2.45, 2.75) is 38.2 Å². The Morgan fingerprint density at radius 3 is 2.66 bits per heavy atom. The molecule has 0 radical (unpaired) electrons. The lowest BCUT2D eigenvalue weighted by Crippen LogP contribution is -2.17. The first-order chi connectivity index (χ1) is 16.8. The number of anilines is 1. The number of aryl methyl sites for hydroxylation is 1. The summed E-state index contributed by atoms with van der Waals surface area (Å²) in [5.74, 6) is 5.22. The zero-order valence-electron chi connectivity index (χ0n) is 18.7. The molecule has 0 spiro atoms. The van der Waals surface area contributed by atoms with Gasteiger partial charge in [0.1, 0.15) is 17.2 Å². The van der Waals surface area contributed by atoms with Crippen molar-refractivity contribution in [1.82, 2.24) is 5.16 Å². The standard InChI is InChI=1S/C25H19ClN2O5S2/c1-13-5-3-4-6-16(13)14(2)32-24(31)27-21-17(33-28-22(21)26)8-7-15-11-18-19(34-15)12-20(35-18)25(9-10-25)23(29)30/h3-6,11-12,14H,9-10H2,1-2H3,(H,27,31)(H,29,30). The van der Waals surface area contributed by atoms with Gasteiger partial charge in [-0.15, -0.1) is 22.7 Å². The molecule has 1 amide bonds. The highest BCUT2D eigenvalue weighted by atomic mass is 35.5. The first-order valence-electron chi connectivity index (χ1n) is 10.7. The number of carboxylic acid groups (broad SMARTS) is 1. The molecule has 0 aliphatic heterocycles. The van der Waals surface area contributed by atoms with E-state index < -0.39 is 23.6 Å². The lowest BCUT2D eigenvalue weighted by molar-refractivity contribution is -0.139.